The van der Waals surface area contributed by atoms with E-state index < -0.39 is 0 Å². The number of nitrogens with zero attached hydrogens (tertiary/aromatic N) is 1. The molecule has 1 aromatic rings. The van der Waals surface area contributed by atoms with E-state index in [-0.39, 0.29) is 0 Å². The van der Waals surface area contributed by atoms with Crippen molar-refractivity contribution in [2.75, 3.05) is 32.8 Å². The maximum absolute atomic E-state index is 5.77. The van der Waals surface area contributed by atoms with Gasteiger partial charge in [0.15, 0.2) is 0 Å². The fourth-order valence-electron chi connectivity index (χ4n) is 3.85. The van der Waals surface area contributed by atoms with Gasteiger partial charge in [0.2, 0.25) is 0 Å². The largest absolute Gasteiger partial charge is 0.493 e. The molecule has 3 aliphatic rings. The van der Waals surface area contributed by atoms with Crippen LogP contribution in [0, 0.1) is 11.8 Å². The van der Waals surface area contributed by atoms with Crippen LogP contribution in [0.2, 0.25) is 0 Å². The van der Waals surface area contributed by atoms with Gasteiger partial charge in [-0.05, 0) is 31.0 Å². The Balaban J connectivity index is 1.59. The van der Waals surface area contributed by atoms with Gasteiger partial charge in [-0.25, -0.2) is 0 Å². The zero-order valence-corrected chi connectivity index (χ0v) is 10.6. The molecule has 0 radical (unpaired) electrons. The van der Waals surface area contributed by atoms with Crippen LogP contribution in [0.5, 0.6) is 5.75 Å². The second-order valence-corrected chi connectivity index (χ2v) is 5.82. The highest BCUT2D eigenvalue weighted by Gasteiger charge is 2.40. The second-order valence-electron chi connectivity index (χ2n) is 5.82. The minimum atomic E-state index is 0.584. The third-order valence-corrected chi connectivity index (χ3v) is 4.79. The number of ether oxygens (including phenoxy) is 1. The molecule has 3 nitrogen and oxygen atoms in total. The lowest BCUT2D eigenvalue weighted by molar-refractivity contribution is 0.157. The highest BCUT2D eigenvalue weighted by Crippen LogP contribution is 2.40. The van der Waals surface area contributed by atoms with Crippen molar-refractivity contribution in [3.63, 3.8) is 0 Å². The van der Waals surface area contributed by atoms with Crippen LogP contribution in [0.3, 0.4) is 0 Å². The summed E-state index contributed by atoms with van der Waals surface area (Å²) >= 11 is 0. The summed E-state index contributed by atoms with van der Waals surface area (Å²) in [6, 6.07) is 9.15. The Bertz CT molecular complexity index is 436. The minimum absolute atomic E-state index is 0.584. The van der Waals surface area contributed by atoms with E-state index in [1.807, 2.05) is 0 Å². The van der Waals surface area contributed by atoms with Crippen LogP contribution in [0.1, 0.15) is 18.0 Å². The molecule has 1 N–H and O–H groups in total. The molecule has 4 rings (SSSR count). The van der Waals surface area contributed by atoms with E-state index >= 15 is 0 Å². The van der Waals surface area contributed by atoms with Crippen molar-refractivity contribution in [1.82, 2.24) is 10.2 Å². The van der Waals surface area contributed by atoms with E-state index in [0.717, 1.165) is 30.6 Å². The molecular formula is C15H20N2O. The van der Waals surface area contributed by atoms with Crippen molar-refractivity contribution in [1.29, 1.82) is 0 Å². The van der Waals surface area contributed by atoms with Crippen molar-refractivity contribution in [2.24, 2.45) is 11.8 Å². The first-order chi connectivity index (χ1) is 8.92. The first kappa shape index (κ1) is 10.8. The highest BCUT2D eigenvalue weighted by molar-refractivity contribution is 5.37. The van der Waals surface area contributed by atoms with Crippen LogP contribution in [0.25, 0.3) is 0 Å². The maximum atomic E-state index is 5.77. The Kier molecular flexibility index (Phi) is 2.55. The predicted molar refractivity (Wildman–Crippen MR) is 70.7 cm³/mol. The number of rotatable bonds is 1. The monoisotopic (exact) mass is 244 g/mol. The van der Waals surface area contributed by atoms with Gasteiger partial charge in [0.05, 0.1) is 6.61 Å². The van der Waals surface area contributed by atoms with Crippen LogP contribution in [0.4, 0.5) is 0 Å². The minimum Gasteiger partial charge on any atom is -0.493 e. The molecule has 3 heteroatoms. The van der Waals surface area contributed by atoms with E-state index in [2.05, 4.69) is 34.5 Å². The van der Waals surface area contributed by atoms with Crippen LogP contribution in [0.15, 0.2) is 24.3 Å². The number of para-hydroxylation sites is 1. The van der Waals surface area contributed by atoms with Gasteiger partial charge in [-0.15, -0.1) is 0 Å². The van der Waals surface area contributed by atoms with Crippen LogP contribution < -0.4 is 10.1 Å². The first-order valence-corrected chi connectivity index (χ1v) is 7.08. The number of nitrogens with one attached hydrogen (secondary N) is 1. The average Bonchev–Trinajstić information content (AvgIpc) is 2.99. The number of fused-ring (bicyclic) bond motifs is 2. The predicted octanol–water partition coefficient (Wildman–Crippen LogP) is 1.66. The molecule has 3 aliphatic heterocycles. The third kappa shape index (κ3) is 1.65. The topological polar surface area (TPSA) is 24.5 Å². The summed E-state index contributed by atoms with van der Waals surface area (Å²) in [5.41, 5.74) is 1.40. The molecule has 1 aromatic carbocycles. The van der Waals surface area contributed by atoms with Gasteiger partial charge in [0, 0.05) is 31.1 Å². The zero-order valence-electron chi connectivity index (χ0n) is 10.6. The third-order valence-electron chi connectivity index (χ3n) is 4.79. The summed E-state index contributed by atoms with van der Waals surface area (Å²) in [5, 5.41) is 3.52. The SMILES string of the molecule is c1ccc2c(c1)OCCC2N1C[C@H]2CNC[C@H]2C1. The fourth-order valence-corrected chi connectivity index (χ4v) is 3.85. The standard InChI is InChI=1S/C15H20N2O/c1-2-4-15-13(3-1)14(5-6-18-15)17-9-11-7-16-8-12(11)10-17/h1-4,11-12,14,16H,5-10H2/t11-,12+,14?. The van der Waals surface area contributed by atoms with Crippen molar-refractivity contribution in [3.05, 3.63) is 29.8 Å². The summed E-state index contributed by atoms with van der Waals surface area (Å²) in [7, 11) is 0. The summed E-state index contributed by atoms with van der Waals surface area (Å²) in [5.74, 6) is 2.85. The fraction of sp³-hybridized carbons (Fsp3) is 0.600. The number of hydrogen-bond donors (Lipinski definition) is 1. The summed E-state index contributed by atoms with van der Waals surface area (Å²) in [4.78, 5) is 2.69. The normalized spacial score (nSPS) is 35.0. The molecule has 0 spiro atoms. The Morgan fingerprint density at radius 2 is 1.89 bits per heavy atom. The van der Waals surface area contributed by atoms with E-state index in [4.69, 9.17) is 4.74 Å². The molecule has 0 bridgehead atoms. The number of benzene rings is 1. The molecule has 0 aliphatic carbocycles. The Morgan fingerprint density at radius 1 is 1.11 bits per heavy atom. The van der Waals surface area contributed by atoms with Crippen molar-refractivity contribution in [3.8, 4) is 5.75 Å². The molecule has 18 heavy (non-hydrogen) atoms. The van der Waals surface area contributed by atoms with E-state index in [1.54, 1.807) is 0 Å². The van der Waals surface area contributed by atoms with Gasteiger partial charge < -0.3 is 10.1 Å². The summed E-state index contributed by atoms with van der Waals surface area (Å²) in [6.45, 7) is 5.82. The van der Waals surface area contributed by atoms with Gasteiger partial charge in [0.25, 0.3) is 0 Å². The van der Waals surface area contributed by atoms with Crippen LogP contribution >= 0.6 is 0 Å². The van der Waals surface area contributed by atoms with Gasteiger partial charge in [-0.1, -0.05) is 18.2 Å². The molecule has 3 heterocycles. The molecule has 96 valence electrons. The van der Waals surface area contributed by atoms with Crippen LogP contribution in [-0.4, -0.2) is 37.7 Å². The van der Waals surface area contributed by atoms with Crippen molar-refractivity contribution in [2.45, 2.75) is 12.5 Å². The smallest absolute Gasteiger partial charge is 0.124 e. The number of likely N-dealkylation sites (tertiary alicyclic amines) is 1. The lowest BCUT2D eigenvalue weighted by Gasteiger charge is -2.33. The van der Waals surface area contributed by atoms with E-state index in [1.165, 1.54) is 31.7 Å². The molecule has 0 saturated carbocycles. The Morgan fingerprint density at radius 3 is 2.72 bits per heavy atom. The van der Waals surface area contributed by atoms with Crippen molar-refractivity contribution < 1.29 is 4.74 Å². The summed E-state index contributed by atoms with van der Waals surface area (Å²) < 4.78 is 5.77. The Hall–Kier alpha value is -1.06. The first-order valence-electron chi connectivity index (χ1n) is 7.08. The molecule has 0 amide bonds. The van der Waals surface area contributed by atoms with Gasteiger partial charge in [-0.3, -0.25) is 4.90 Å². The van der Waals surface area contributed by atoms with Gasteiger partial charge in [-0.2, -0.15) is 0 Å². The molecular weight excluding hydrogens is 224 g/mol. The van der Waals surface area contributed by atoms with Crippen LogP contribution in [-0.2, 0) is 0 Å². The maximum Gasteiger partial charge on any atom is 0.124 e. The molecule has 2 saturated heterocycles. The quantitative estimate of drug-likeness (QED) is 0.813. The highest BCUT2D eigenvalue weighted by atomic mass is 16.5. The Labute approximate surface area is 108 Å². The van der Waals surface area contributed by atoms with E-state index in [9.17, 15) is 0 Å². The van der Waals surface area contributed by atoms with Gasteiger partial charge in [0.1, 0.15) is 5.75 Å². The lowest BCUT2D eigenvalue weighted by Crippen LogP contribution is -2.33. The molecule has 2 fully saturated rings. The number of hydrogen-bond acceptors (Lipinski definition) is 3. The summed E-state index contributed by atoms with van der Waals surface area (Å²) in [6.07, 6.45) is 1.14. The average molecular weight is 244 g/mol. The molecule has 3 atom stereocenters. The van der Waals surface area contributed by atoms with Gasteiger partial charge >= 0.3 is 0 Å². The molecule has 0 aromatic heterocycles. The molecule has 1 unspecified atom stereocenters. The van der Waals surface area contributed by atoms with E-state index in [0.29, 0.717) is 6.04 Å². The van der Waals surface area contributed by atoms with Crippen molar-refractivity contribution >= 4 is 0 Å². The lowest BCUT2D eigenvalue weighted by atomic mass is 9.99. The zero-order chi connectivity index (χ0) is 11.9. The second kappa shape index (κ2) is 4.25.